The summed E-state index contributed by atoms with van der Waals surface area (Å²) in [4.78, 5) is 35.3. The van der Waals surface area contributed by atoms with Crippen LogP contribution in [0.15, 0.2) is 15.8 Å². The van der Waals surface area contributed by atoms with Gasteiger partial charge >= 0.3 is 13.9 Å². The molecular formula is C15H21N3O8P+. The molecule has 11 nitrogen and oxygen atoms in total. The molecule has 1 saturated heterocycles. The number of nitrogens with two attached hydrogens (primary N) is 1. The molecule has 0 spiro atoms. The fourth-order valence-electron chi connectivity index (χ4n) is 2.57. The van der Waals surface area contributed by atoms with Crippen LogP contribution in [0.25, 0.3) is 0 Å². The lowest BCUT2D eigenvalue weighted by Gasteiger charge is -2.42. The number of aromatic nitrogens is 2. The Balaban J connectivity index is 2.41. The zero-order valence-electron chi connectivity index (χ0n) is 14.8. The highest BCUT2D eigenvalue weighted by Crippen LogP contribution is 2.32. The summed E-state index contributed by atoms with van der Waals surface area (Å²) in [6.45, 7) is 1.42. The third kappa shape index (κ3) is 5.31. The van der Waals surface area contributed by atoms with Gasteiger partial charge in [0.05, 0.1) is 19.8 Å². The molecule has 0 aromatic carbocycles. The summed E-state index contributed by atoms with van der Waals surface area (Å²) in [6, 6.07) is 0. The molecule has 1 aliphatic rings. The summed E-state index contributed by atoms with van der Waals surface area (Å²) in [5.41, 5.74) is 2.76. The van der Waals surface area contributed by atoms with E-state index in [1.165, 1.54) is 13.3 Å². The lowest BCUT2D eigenvalue weighted by molar-refractivity contribution is -0.274. The number of nitrogens with zero attached hydrogens (tertiary/aromatic N) is 1. The summed E-state index contributed by atoms with van der Waals surface area (Å²) >= 11 is 0. The van der Waals surface area contributed by atoms with Crippen molar-refractivity contribution in [1.82, 2.24) is 9.55 Å². The molecule has 27 heavy (non-hydrogen) atoms. The zero-order chi connectivity index (χ0) is 20.0. The van der Waals surface area contributed by atoms with Gasteiger partial charge in [-0.15, -0.1) is 9.42 Å². The average Bonchev–Trinajstić information content (AvgIpc) is 2.62. The SMILES string of the molecule is COCC1(CO[P+](=O)O)COC(C)C(n2cc(C#CCN)c(=O)[nH]c2=O)O1. The summed E-state index contributed by atoms with van der Waals surface area (Å²) in [7, 11) is -1.44. The van der Waals surface area contributed by atoms with Gasteiger partial charge in [0.2, 0.25) is 0 Å². The summed E-state index contributed by atoms with van der Waals surface area (Å²) in [5.74, 6) is 5.13. The molecule has 0 radical (unpaired) electrons. The first-order chi connectivity index (χ1) is 12.8. The fraction of sp³-hybridized carbons (Fsp3) is 0.600. The molecule has 1 fully saturated rings. The average molecular weight is 402 g/mol. The summed E-state index contributed by atoms with van der Waals surface area (Å²) < 4.78 is 33.6. The van der Waals surface area contributed by atoms with Crippen LogP contribution in [0.2, 0.25) is 0 Å². The van der Waals surface area contributed by atoms with E-state index in [2.05, 4.69) is 16.8 Å². The topological polar surface area (TPSA) is 155 Å². The van der Waals surface area contributed by atoms with Crippen LogP contribution in [0.4, 0.5) is 0 Å². The number of hydrogen-bond donors (Lipinski definition) is 3. The summed E-state index contributed by atoms with van der Waals surface area (Å²) in [5, 5.41) is 0. The third-order valence-corrected chi connectivity index (χ3v) is 4.14. The maximum atomic E-state index is 12.3. The minimum Gasteiger partial charge on any atom is -0.381 e. The molecule has 148 valence electrons. The Morgan fingerprint density at radius 3 is 2.89 bits per heavy atom. The van der Waals surface area contributed by atoms with Crippen molar-refractivity contribution in [3.05, 3.63) is 32.6 Å². The molecule has 0 amide bonds. The van der Waals surface area contributed by atoms with Gasteiger partial charge in [-0.1, -0.05) is 11.8 Å². The standard InChI is InChI=1S/C15H20N3O8P/c1-10-13(18-6-11(4-3-5-16)12(19)17-14(18)20)26-15(7-23-2,8-24-10)9-25-27(21)22/h6,10,13H,5,7-9,16H2,1-2H3,(H-,17,19,20,21,22)/p+1. The van der Waals surface area contributed by atoms with Gasteiger partial charge < -0.3 is 19.9 Å². The van der Waals surface area contributed by atoms with Crippen LogP contribution in [0.5, 0.6) is 0 Å². The number of nitrogens with one attached hydrogen (secondary N) is 1. The van der Waals surface area contributed by atoms with Crippen molar-refractivity contribution in [3.8, 4) is 11.8 Å². The van der Waals surface area contributed by atoms with E-state index in [1.54, 1.807) is 6.92 Å². The minimum atomic E-state index is -2.86. The normalized spacial score (nSPS) is 25.6. The molecular weight excluding hydrogens is 381 g/mol. The Kier molecular flexibility index (Phi) is 7.41. The molecule has 2 heterocycles. The first-order valence-electron chi connectivity index (χ1n) is 7.94. The number of H-pyrrole nitrogens is 1. The molecule has 1 aromatic rings. The third-order valence-electron chi connectivity index (χ3n) is 3.79. The van der Waals surface area contributed by atoms with Crippen LogP contribution >= 0.6 is 8.25 Å². The maximum Gasteiger partial charge on any atom is 0.694 e. The van der Waals surface area contributed by atoms with Gasteiger partial charge in [-0.05, 0) is 6.92 Å². The van der Waals surface area contributed by atoms with Gasteiger partial charge in [-0.2, -0.15) is 0 Å². The van der Waals surface area contributed by atoms with E-state index in [1.807, 2.05) is 0 Å². The predicted octanol–water partition coefficient (Wildman–Crippen LogP) is -1.17. The second-order valence-electron chi connectivity index (χ2n) is 5.87. The van der Waals surface area contributed by atoms with Crippen LogP contribution in [0.1, 0.15) is 18.7 Å². The Labute approximate surface area is 155 Å². The van der Waals surface area contributed by atoms with Crippen LogP contribution in [-0.2, 0) is 23.3 Å². The molecule has 0 bridgehead atoms. The van der Waals surface area contributed by atoms with Crippen LogP contribution < -0.4 is 17.0 Å². The Bertz CT molecular complexity index is 857. The van der Waals surface area contributed by atoms with Crippen molar-refractivity contribution in [1.29, 1.82) is 0 Å². The molecule has 1 aromatic heterocycles. The first kappa shape index (κ1) is 21.4. The van der Waals surface area contributed by atoms with Gasteiger partial charge in [0.25, 0.3) is 5.56 Å². The van der Waals surface area contributed by atoms with E-state index in [9.17, 15) is 14.2 Å². The van der Waals surface area contributed by atoms with Crippen molar-refractivity contribution < 1.29 is 28.2 Å². The fourth-order valence-corrected chi connectivity index (χ4v) is 2.92. The molecule has 2 rings (SSSR count). The number of aromatic amines is 1. The van der Waals surface area contributed by atoms with Crippen LogP contribution in [0, 0.1) is 11.8 Å². The Morgan fingerprint density at radius 2 is 2.26 bits per heavy atom. The molecule has 1 aliphatic heterocycles. The van der Waals surface area contributed by atoms with Gasteiger partial charge in [-0.3, -0.25) is 14.3 Å². The molecule has 0 saturated carbocycles. The Hall–Kier alpha value is -1.90. The molecule has 12 heteroatoms. The molecule has 0 aliphatic carbocycles. The second-order valence-corrected chi connectivity index (χ2v) is 6.60. The van der Waals surface area contributed by atoms with Crippen molar-refractivity contribution in [2.45, 2.75) is 24.9 Å². The number of rotatable bonds is 6. The van der Waals surface area contributed by atoms with E-state index in [-0.39, 0.29) is 31.9 Å². The second kappa shape index (κ2) is 9.34. The van der Waals surface area contributed by atoms with E-state index in [0.717, 1.165) is 4.57 Å². The number of ether oxygens (including phenoxy) is 3. The molecule has 4 atom stereocenters. The highest BCUT2D eigenvalue weighted by molar-refractivity contribution is 7.32. The quantitative estimate of drug-likeness (QED) is 0.394. The van der Waals surface area contributed by atoms with Crippen LogP contribution in [-0.4, -0.2) is 59.6 Å². The Morgan fingerprint density at radius 1 is 1.52 bits per heavy atom. The van der Waals surface area contributed by atoms with Gasteiger partial charge in [-0.25, -0.2) is 4.79 Å². The lowest BCUT2D eigenvalue weighted by Crippen LogP contribution is -2.55. The summed E-state index contributed by atoms with van der Waals surface area (Å²) in [6.07, 6.45) is -0.279. The monoisotopic (exact) mass is 402 g/mol. The van der Waals surface area contributed by atoms with Crippen molar-refractivity contribution in [3.63, 3.8) is 0 Å². The molecule has 4 N–H and O–H groups in total. The van der Waals surface area contributed by atoms with Gasteiger partial charge in [0.15, 0.2) is 6.23 Å². The highest BCUT2D eigenvalue weighted by Gasteiger charge is 2.45. The van der Waals surface area contributed by atoms with Crippen molar-refractivity contribution >= 4 is 8.25 Å². The smallest absolute Gasteiger partial charge is 0.381 e. The van der Waals surface area contributed by atoms with Gasteiger partial charge in [0.1, 0.15) is 23.9 Å². The van der Waals surface area contributed by atoms with Crippen molar-refractivity contribution in [2.75, 3.05) is 33.5 Å². The van der Waals surface area contributed by atoms with E-state index < -0.39 is 37.4 Å². The maximum absolute atomic E-state index is 12.3. The van der Waals surface area contributed by atoms with Crippen molar-refractivity contribution in [2.24, 2.45) is 5.73 Å². The van der Waals surface area contributed by atoms with E-state index in [0.29, 0.717) is 0 Å². The number of hydrogen-bond acceptors (Lipinski definition) is 8. The first-order valence-corrected chi connectivity index (χ1v) is 9.07. The van der Waals surface area contributed by atoms with Gasteiger partial charge in [0, 0.05) is 17.9 Å². The minimum absolute atomic E-state index is 0.0135. The molecule has 4 unspecified atom stereocenters. The number of methoxy groups -OCH3 is 1. The van der Waals surface area contributed by atoms with E-state index >= 15 is 0 Å². The zero-order valence-corrected chi connectivity index (χ0v) is 15.7. The van der Waals surface area contributed by atoms with Crippen LogP contribution in [0.3, 0.4) is 0 Å². The van der Waals surface area contributed by atoms with E-state index in [4.69, 9.17) is 29.4 Å². The highest BCUT2D eigenvalue weighted by atomic mass is 31.1. The largest absolute Gasteiger partial charge is 0.694 e. The lowest BCUT2D eigenvalue weighted by atomic mass is 10.1. The predicted molar refractivity (Wildman–Crippen MR) is 93.2 cm³/mol.